The first kappa shape index (κ1) is 12.5. The van der Waals surface area contributed by atoms with Crippen molar-refractivity contribution in [3.63, 3.8) is 0 Å². The normalized spacial score (nSPS) is 10.2. The largest absolute Gasteiger partial charge is 0.478 e. The van der Waals surface area contributed by atoms with Crippen molar-refractivity contribution in [2.45, 2.75) is 10.6 Å². The van der Waals surface area contributed by atoms with Crippen LogP contribution < -0.4 is 5.73 Å². The number of hydrogen-bond acceptors (Lipinski definition) is 3. The van der Waals surface area contributed by atoms with Gasteiger partial charge in [0.25, 0.3) is 0 Å². The SMILES string of the molecule is Nc1ccc(C(=O)O)c(SCc2ccccc2)c1. The number of carbonyl (C=O) groups is 1. The molecule has 0 unspecified atom stereocenters. The number of aromatic carboxylic acids is 1. The van der Waals surface area contributed by atoms with Crippen LogP contribution in [0.3, 0.4) is 0 Å². The molecule has 2 aromatic rings. The Balaban J connectivity index is 2.18. The Labute approximate surface area is 110 Å². The van der Waals surface area contributed by atoms with Crippen LogP contribution in [0.5, 0.6) is 0 Å². The zero-order valence-electron chi connectivity index (χ0n) is 9.67. The maximum absolute atomic E-state index is 11.1. The highest BCUT2D eigenvalue weighted by Gasteiger charge is 2.10. The third kappa shape index (κ3) is 3.05. The van der Waals surface area contributed by atoms with Crippen molar-refractivity contribution >= 4 is 23.4 Å². The van der Waals surface area contributed by atoms with Crippen LogP contribution in [0.25, 0.3) is 0 Å². The van der Waals surface area contributed by atoms with Gasteiger partial charge in [-0.1, -0.05) is 30.3 Å². The zero-order valence-corrected chi connectivity index (χ0v) is 10.5. The Morgan fingerprint density at radius 2 is 1.89 bits per heavy atom. The molecule has 92 valence electrons. The third-order valence-electron chi connectivity index (χ3n) is 2.47. The van der Waals surface area contributed by atoms with Crippen molar-refractivity contribution < 1.29 is 9.90 Å². The Kier molecular flexibility index (Phi) is 3.89. The van der Waals surface area contributed by atoms with Gasteiger partial charge in [-0.25, -0.2) is 4.79 Å². The van der Waals surface area contributed by atoms with Gasteiger partial charge >= 0.3 is 5.97 Å². The predicted octanol–water partition coefficient (Wildman–Crippen LogP) is 3.26. The van der Waals surface area contributed by atoms with Gasteiger partial charge in [-0.3, -0.25) is 0 Å². The Hall–Kier alpha value is -1.94. The van der Waals surface area contributed by atoms with Crippen LogP contribution in [-0.2, 0) is 5.75 Å². The fraction of sp³-hybridized carbons (Fsp3) is 0.0714. The minimum absolute atomic E-state index is 0.296. The molecule has 0 bridgehead atoms. The molecule has 3 N–H and O–H groups in total. The van der Waals surface area contributed by atoms with E-state index >= 15 is 0 Å². The van der Waals surface area contributed by atoms with Crippen LogP contribution >= 0.6 is 11.8 Å². The van der Waals surface area contributed by atoms with E-state index in [-0.39, 0.29) is 0 Å². The van der Waals surface area contributed by atoms with Gasteiger partial charge in [-0.15, -0.1) is 11.8 Å². The zero-order chi connectivity index (χ0) is 13.0. The number of anilines is 1. The topological polar surface area (TPSA) is 63.3 Å². The van der Waals surface area contributed by atoms with Crippen LogP contribution in [-0.4, -0.2) is 11.1 Å². The summed E-state index contributed by atoms with van der Waals surface area (Å²) in [4.78, 5) is 11.8. The van der Waals surface area contributed by atoms with Gasteiger partial charge in [0.1, 0.15) is 0 Å². The third-order valence-corrected chi connectivity index (χ3v) is 3.60. The van der Waals surface area contributed by atoms with Crippen LogP contribution in [0.2, 0.25) is 0 Å². The van der Waals surface area contributed by atoms with Gasteiger partial charge in [0, 0.05) is 16.3 Å². The molecular weight excluding hydrogens is 246 g/mol. The molecule has 2 rings (SSSR count). The summed E-state index contributed by atoms with van der Waals surface area (Å²) >= 11 is 1.48. The number of hydrogen-bond donors (Lipinski definition) is 2. The molecule has 4 heteroatoms. The lowest BCUT2D eigenvalue weighted by Crippen LogP contribution is -2.00. The average molecular weight is 259 g/mol. The van der Waals surface area contributed by atoms with Crippen molar-refractivity contribution in [1.29, 1.82) is 0 Å². The second kappa shape index (κ2) is 5.60. The molecule has 0 amide bonds. The number of thioether (sulfide) groups is 1. The molecular formula is C14H13NO2S. The highest BCUT2D eigenvalue weighted by molar-refractivity contribution is 7.98. The van der Waals surface area contributed by atoms with Gasteiger partial charge in [0.05, 0.1) is 5.56 Å². The van der Waals surface area contributed by atoms with E-state index in [1.54, 1.807) is 18.2 Å². The van der Waals surface area contributed by atoms with E-state index in [9.17, 15) is 4.79 Å². The molecule has 0 atom stereocenters. The summed E-state index contributed by atoms with van der Waals surface area (Å²) in [6.07, 6.45) is 0. The van der Waals surface area contributed by atoms with Crippen LogP contribution in [0.1, 0.15) is 15.9 Å². The second-order valence-electron chi connectivity index (χ2n) is 3.84. The van der Waals surface area contributed by atoms with Gasteiger partial charge in [-0.2, -0.15) is 0 Å². The molecule has 2 aromatic carbocycles. The molecule has 3 nitrogen and oxygen atoms in total. The van der Waals surface area contributed by atoms with Gasteiger partial charge in [0.15, 0.2) is 0 Å². The lowest BCUT2D eigenvalue weighted by Gasteiger charge is -2.07. The van der Waals surface area contributed by atoms with E-state index in [1.165, 1.54) is 11.8 Å². The summed E-state index contributed by atoms with van der Waals surface area (Å²) in [6, 6.07) is 14.8. The van der Waals surface area contributed by atoms with E-state index in [0.717, 1.165) is 11.3 Å². The quantitative estimate of drug-likeness (QED) is 0.653. The smallest absolute Gasteiger partial charge is 0.336 e. The molecule has 0 spiro atoms. The van der Waals surface area contributed by atoms with Crippen molar-refractivity contribution in [3.8, 4) is 0 Å². The molecule has 0 aliphatic carbocycles. The Morgan fingerprint density at radius 3 is 2.56 bits per heavy atom. The first-order valence-corrected chi connectivity index (χ1v) is 6.45. The summed E-state index contributed by atoms with van der Waals surface area (Å²) in [5.74, 6) is -0.199. The average Bonchev–Trinajstić information content (AvgIpc) is 2.37. The number of nitrogens with two attached hydrogens (primary N) is 1. The Morgan fingerprint density at radius 1 is 1.17 bits per heavy atom. The second-order valence-corrected chi connectivity index (χ2v) is 4.85. The van der Waals surface area contributed by atoms with Crippen LogP contribution in [0.4, 0.5) is 5.69 Å². The Bertz CT molecular complexity index is 555. The molecule has 0 fully saturated rings. The number of carboxylic acids is 1. The summed E-state index contributed by atoms with van der Waals surface area (Å²) in [5.41, 5.74) is 7.72. The summed E-state index contributed by atoms with van der Waals surface area (Å²) in [6.45, 7) is 0. The van der Waals surface area contributed by atoms with Crippen molar-refractivity contribution in [2.75, 3.05) is 5.73 Å². The predicted molar refractivity (Wildman–Crippen MR) is 73.8 cm³/mol. The van der Waals surface area contributed by atoms with Crippen LogP contribution in [0, 0.1) is 0 Å². The number of benzene rings is 2. The fourth-order valence-corrected chi connectivity index (χ4v) is 2.62. The summed E-state index contributed by atoms with van der Waals surface area (Å²) in [7, 11) is 0. The maximum atomic E-state index is 11.1. The lowest BCUT2D eigenvalue weighted by molar-refractivity contribution is 0.0693. The highest BCUT2D eigenvalue weighted by Crippen LogP contribution is 2.28. The molecule has 0 radical (unpaired) electrons. The summed E-state index contributed by atoms with van der Waals surface area (Å²) in [5, 5.41) is 9.10. The van der Waals surface area contributed by atoms with Crippen molar-refractivity contribution in [1.82, 2.24) is 0 Å². The molecule has 0 aromatic heterocycles. The molecule has 0 aliphatic rings. The van der Waals surface area contributed by atoms with Crippen molar-refractivity contribution in [2.24, 2.45) is 0 Å². The van der Waals surface area contributed by atoms with E-state index in [4.69, 9.17) is 10.8 Å². The standard InChI is InChI=1S/C14H13NO2S/c15-11-6-7-12(14(16)17)13(8-11)18-9-10-4-2-1-3-5-10/h1-8H,9,15H2,(H,16,17). The fourth-order valence-electron chi connectivity index (χ4n) is 1.57. The first-order valence-electron chi connectivity index (χ1n) is 5.46. The summed E-state index contributed by atoms with van der Waals surface area (Å²) < 4.78 is 0. The molecule has 0 heterocycles. The number of nitrogen functional groups attached to an aromatic ring is 1. The maximum Gasteiger partial charge on any atom is 0.336 e. The number of carboxylic acid groups (broad SMARTS) is 1. The van der Waals surface area contributed by atoms with E-state index < -0.39 is 5.97 Å². The van der Waals surface area contributed by atoms with Gasteiger partial charge in [0.2, 0.25) is 0 Å². The molecule has 18 heavy (non-hydrogen) atoms. The van der Waals surface area contributed by atoms with E-state index in [1.807, 2.05) is 30.3 Å². The van der Waals surface area contributed by atoms with E-state index in [0.29, 0.717) is 16.1 Å². The van der Waals surface area contributed by atoms with E-state index in [2.05, 4.69) is 0 Å². The highest BCUT2D eigenvalue weighted by atomic mass is 32.2. The molecule has 0 saturated heterocycles. The number of rotatable bonds is 4. The van der Waals surface area contributed by atoms with Gasteiger partial charge < -0.3 is 10.8 Å². The van der Waals surface area contributed by atoms with Crippen LogP contribution in [0.15, 0.2) is 53.4 Å². The first-order chi connectivity index (χ1) is 8.66. The molecule has 0 aliphatic heterocycles. The monoisotopic (exact) mass is 259 g/mol. The minimum Gasteiger partial charge on any atom is -0.478 e. The lowest BCUT2D eigenvalue weighted by atomic mass is 10.2. The minimum atomic E-state index is -0.925. The van der Waals surface area contributed by atoms with Gasteiger partial charge in [-0.05, 0) is 23.8 Å². The molecule has 0 saturated carbocycles. The van der Waals surface area contributed by atoms with Crippen molar-refractivity contribution in [3.05, 3.63) is 59.7 Å².